The minimum Gasteiger partial charge on any atom is -0.352 e. The predicted molar refractivity (Wildman–Crippen MR) is 53.1 cm³/mol. The third kappa shape index (κ3) is 1.26. The zero-order valence-corrected chi connectivity index (χ0v) is 8.41. The first-order chi connectivity index (χ1) is 6.20. The Morgan fingerprint density at radius 1 is 1.54 bits per heavy atom. The summed E-state index contributed by atoms with van der Waals surface area (Å²) in [6, 6.07) is 0.526. The maximum Gasteiger partial charge on any atom is 0.130 e. The first kappa shape index (κ1) is 8.41. The van der Waals surface area contributed by atoms with Crippen molar-refractivity contribution in [2.24, 2.45) is 4.99 Å². The molecule has 0 aromatic rings. The summed E-state index contributed by atoms with van der Waals surface area (Å²) >= 11 is 0. The van der Waals surface area contributed by atoms with E-state index >= 15 is 0 Å². The largest absolute Gasteiger partial charge is 0.352 e. The van der Waals surface area contributed by atoms with E-state index in [0.29, 0.717) is 6.04 Å². The highest BCUT2D eigenvalue weighted by atomic mass is 15.4. The second-order valence-corrected chi connectivity index (χ2v) is 3.78. The molecule has 1 N–H and O–H groups in total. The van der Waals surface area contributed by atoms with Gasteiger partial charge in [-0.3, -0.25) is 4.99 Å². The lowest BCUT2D eigenvalue weighted by Gasteiger charge is -2.25. The Hall–Kier alpha value is -1.19. The molecule has 0 fully saturated rings. The van der Waals surface area contributed by atoms with Gasteiger partial charge in [-0.05, 0) is 13.8 Å². The molecular weight excluding hydrogens is 164 g/mol. The minimum absolute atomic E-state index is 0.526. The van der Waals surface area contributed by atoms with Crippen molar-refractivity contribution in [1.29, 1.82) is 0 Å². The molecule has 72 valence electrons. The van der Waals surface area contributed by atoms with Gasteiger partial charge in [0.1, 0.15) is 12.5 Å². The highest BCUT2D eigenvalue weighted by Gasteiger charge is 2.26. The van der Waals surface area contributed by atoms with E-state index < -0.39 is 0 Å². The lowest BCUT2D eigenvalue weighted by molar-refractivity contribution is 0.313. The van der Waals surface area contributed by atoms with E-state index in [2.05, 4.69) is 41.0 Å². The van der Waals surface area contributed by atoms with Crippen LogP contribution in [-0.4, -0.2) is 42.4 Å². The Morgan fingerprint density at radius 2 is 2.31 bits per heavy atom. The quantitative estimate of drug-likeness (QED) is 0.633. The van der Waals surface area contributed by atoms with Crippen molar-refractivity contribution in [3.63, 3.8) is 0 Å². The number of hydrogen-bond acceptors (Lipinski definition) is 4. The molecule has 0 saturated carbocycles. The summed E-state index contributed by atoms with van der Waals surface area (Å²) in [5, 5.41) is 3.38. The molecule has 4 heteroatoms. The first-order valence-corrected chi connectivity index (χ1v) is 4.66. The van der Waals surface area contributed by atoms with Crippen molar-refractivity contribution in [3.05, 3.63) is 11.5 Å². The van der Waals surface area contributed by atoms with Gasteiger partial charge in [0.15, 0.2) is 0 Å². The van der Waals surface area contributed by atoms with Crippen LogP contribution in [0.5, 0.6) is 0 Å². The van der Waals surface area contributed by atoms with Crippen LogP contribution >= 0.6 is 0 Å². The fourth-order valence-corrected chi connectivity index (χ4v) is 1.72. The van der Waals surface area contributed by atoms with Crippen molar-refractivity contribution in [2.75, 3.05) is 20.4 Å². The van der Waals surface area contributed by atoms with E-state index in [1.807, 2.05) is 6.21 Å². The molecule has 4 nitrogen and oxygen atoms in total. The summed E-state index contributed by atoms with van der Waals surface area (Å²) in [6.45, 7) is 6.05. The van der Waals surface area contributed by atoms with Crippen LogP contribution in [0.4, 0.5) is 0 Å². The Bertz CT molecular complexity index is 267. The highest BCUT2D eigenvalue weighted by Crippen LogP contribution is 2.20. The van der Waals surface area contributed by atoms with E-state index in [0.717, 1.165) is 13.3 Å². The number of nitrogens with zero attached hydrogens (tertiary/aromatic N) is 3. The topological polar surface area (TPSA) is 30.9 Å². The van der Waals surface area contributed by atoms with E-state index in [4.69, 9.17) is 0 Å². The standard InChI is InChI=1S/C9H16N4/c1-7(2)13-6-11-9-8(13)4-10-5-12(9)3/h4,7,11H,5-6H2,1-3H3. The van der Waals surface area contributed by atoms with Crippen molar-refractivity contribution < 1.29 is 0 Å². The van der Waals surface area contributed by atoms with Crippen molar-refractivity contribution >= 4 is 6.21 Å². The summed E-state index contributed by atoms with van der Waals surface area (Å²) in [5.74, 6) is 1.21. The minimum atomic E-state index is 0.526. The molecule has 0 saturated heterocycles. The first-order valence-electron chi connectivity index (χ1n) is 4.66. The second-order valence-electron chi connectivity index (χ2n) is 3.78. The molecule has 0 radical (unpaired) electrons. The van der Waals surface area contributed by atoms with Crippen LogP contribution in [0.25, 0.3) is 0 Å². The molecule has 0 aliphatic carbocycles. The Labute approximate surface area is 78.9 Å². The van der Waals surface area contributed by atoms with Gasteiger partial charge in [0.2, 0.25) is 0 Å². The smallest absolute Gasteiger partial charge is 0.130 e. The van der Waals surface area contributed by atoms with E-state index in [-0.39, 0.29) is 0 Å². The van der Waals surface area contributed by atoms with Crippen LogP contribution in [-0.2, 0) is 0 Å². The lowest BCUT2D eigenvalue weighted by Crippen LogP contribution is -2.30. The summed E-state index contributed by atoms with van der Waals surface area (Å²) in [6.07, 6.45) is 1.97. The average Bonchev–Trinajstić information content (AvgIpc) is 2.48. The van der Waals surface area contributed by atoms with Gasteiger partial charge in [0.05, 0.1) is 18.6 Å². The Kier molecular flexibility index (Phi) is 1.90. The number of rotatable bonds is 1. The van der Waals surface area contributed by atoms with Crippen LogP contribution in [0.3, 0.4) is 0 Å². The Balaban J connectivity index is 2.27. The number of nitrogens with one attached hydrogen (secondary N) is 1. The molecule has 0 spiro atoms. The molecule has 2 aliphatic heterocycles. The van der Waals surface area contributed by atoms with Gasteiger partial charge in [-0.1, -0.05) is 0 Å². The third-order valence-electron chi connectivity index (χ3n) is 2.48. The summed E-state index contributed by atoms with van der Waals surface area (Å²) in [5.41, 5.74) is 1.23. The number of aliphatic imine (C=N–C) groups is 1. The van der Waals surface area contributed by atoms with E-state index in [1.54, 1.807) is 0 Å². The number of allylic oxidation sites excluding steroid dienone is 1. The van der Waals surface area contributed by atoms with Gasteiger partial charge in [-0.25, -0.2) is 0 Å². The fourth-order valence-electron chi connectivity index (χ4n) is 1.72. The number of hydrogen-bond donors (Lipinski definition) is 1. The molecule has 0 unspecified atom stereocenters. The molecule has 0 amide bonds. The molecule has 2 rings (SSSR count). The molecule has 0 aromatic heterocycles. The van der Waals surface area contributed by atoms with Crippen molar-refractivity contribution in [1.82, 2.24) is 15.1 Å². The van der Waals surface area contributed by atoms with Crippen LogP contribution < -0.4 is 5.32 Å². The van der Waals surface area contributed by atoms with Gasteiger partial charge >= 0.3 is 0 Å². The summed E-state index contributed by atoms with van der Waals surface area (Å²) < 4.78 is 0. The normalized spacial score (nSPS) is 21.2. The fraction of sp³-hybridized carbons (Fsp3) is 0.667. The van der Waals surface area contributed by atoms with Gasteiger partial charge in [0.25, 0.3) is 0 Å². The predicted octanol–water partition coefficient (Wildman–Crippen LogP) is 0.400. The maximum atomic E-state index is 4.29. The third-order valence-corrected chi connectivity index (χ3v) is 2.48. The van der Waals surface area contributed by atoms with E-state index in [1.165, 1.54) is 11.5 Å². The van der Waals surface area contributed by atoms with Gasteiger partial charge in [0, 0.05) is 13.1 Å². The summed E-state index contributed by atoms with van der Waals surface area (Å²) in [4.78, 5) is 8.75. The molecular formula is C9H16N4. The zero-order valence-electron chi connectivity index (χ0n) is 8.41. The molecule has 13 heavy (non-hydrogen) atoms. The second kappa shape index (κ2) is 2.94. The van der Waals surface area contributed by atoms with Crippen LogP contribution in [0.2, 0.25) is 0 Å². The molecule has 0 bridgehead atoms. The molecule has 2 aliphatic rings. The van der Waals surface area contributed by atoms with Crippen LogP contribution in [0.1, 0.15) is 13.8 Å². The van der Waals surface area contributed by atoms with Crippen LogP contribution in [0, 0.1) is 0 Å². The monoisotopic (exact) mass is 180 g/mol. The maximum absolute atomic E-state index is 4.29. The van der Waals surface area contributed by atoms with E-state index in [9.17, 15) is 0 Å². The molecule has 0 atom stereocenters. The highest BCUT2D eigenvalue weighted by molar-refractivity contribution is 5.80. The van der Waals surface area contributed by atoms with Gasteiger partial charge in [-0.15, -0.1) is 0 Å². The lowest BCUT2D eigenvalue weighted by atomic mass is 10.3. The Morgan fingerprint density at radius 3 is 3.00 bits per heavy atom. The van der Waals surface area contributed by atoms with Crippen molar-refractivity contribution in [2.45, 2.75) is 19.9 Å². The van der Waals surface area contributed by atoms with Gasteiger partial charge in [-0.2, -0.15) is 0 Å². The van der Waals surface area contributed by atoms with Crippen molar-refractivity contribution in [3.8, 4) is 0 Å². The molecule has 0 aromatic carbocycles. The van der Waals surface area contributed by atoms with Gasteiger partial charge < -0.3 is 15.1 Å². The zero-order chi connectivity index (χ0) is 9.42. The van der Waals surface area contributed by atoms with Crippen LogP contribution in [0.15, 0.2) is 16.5 Å². The summed E-state index contributed by atoms with van der Waals surface area (Å²) in [7, 11) is 2.06. The molecule has 2 heterocycles. The average molecular weight is 180 g/mol. The SMILES string of the molecule is CC(C)N1CNC2=C1C=NCN2C.